The minimum atomic E-state index is -0.105. The molecule has 1 saturated heterocycles. The van der Waals surface area contributed by atoms with Crippen molar-refractivity contribution in [3.63, 3.8) is 0 Å². The standard InChI is InChI=1S/C10H14N2O2/c1-7-8(2)12(10(13)11-7)9-3-5-14-6-4-9/h9H,1-6H2,(H,11,13). The fourth-order valence-corrected chi connectivity index (χ4v) is 1.86. The van der Waals surface area contributed by atoms with Gasteiger partial charge in [0.2, 0.25) is 0 Å². The average Bonchev–Trinajstić information content (AvgIpc) is 2.43. The van der Waals surface area contributed by atoms with E-state index in [0.717, 1.165) is 12.8 Å². The average molecular weight is 194 g/mol. The molecule has 2 heterocycles. The Morgan fingerprint density at radius 3 is 2.50 bits per heavy atom. The number of aromatic nitrogens is 2. The summed E-state index contributed by atoms with van der Waals surface area (Å²) in [7, 11) is 0. The molecule has 0 aromatic carbocycles. The lowest BCUT2D eigenvalue weighted by molar-refractivity contribution is 0.0681. The summed E-state index contributed by atoms with van der Waals surface area (Å²) in [4.78, 5) is 14.2. The van der Waals surface area contributed by atoms with Crippen molar-refractivity contribution in [3.8, 4) is 0 Å². The first-order valence-electron chi connectivity index (χ1n) is 4.76. The zero-order valence-electron chi connectivity index (χ0n) is 8.08. The molecule has 1 aromatic rings. The smallest absolute Gasteiger partial charge is 0.326 e. The third-order valence-corrected chi connectivity index (χ3v) is 2.67. The van der Waals surface area contributed by atoms with Crippen molar-refractivity contribution in [2.24, 2.45) is 0 Å². The van der Waals surface area contributed by atoms with E-state index in [4.69, 9.17) is 4.74 Å². The largest absolute Gasteiger partial charge is 0.381 e. The Balaban J connectivity index is 2.44. The Kier molecular flexibility index (Phi) is 2.29. The summed E-state index contributed by atoms with van der Waals surface area (Å²) in [6.07, 6.45) is 1.75. The maximum absolute atomic E-state index is 11.5. The van der Waals surface area contributed by atoms with E-state index in [1.54, 1.807) is 4.57 Å². The predicted octanol–water partition coefficient (Wildman–Crippen LogP) is -0.652. The lowest BCUT2D eigenvalue weighted by Crippen LogP contribution is -2.36. The van der Waals surface area contributed by atoms with Gasteiger partial charge in [-0.2, -0.15) is 0 Å². The molecule has 4 nitrogen and oxygen atoms in total. The van der Waals surface area contributed by atoms with E-state index in [0.29, 0.717) is 23.9 Å². The van der Waals surface area contributed by atoms with Gasteiger partial charge in [0.05, 0.1) is 10.7 Å². The molecule has 1 aliphatic heterocycles. The summed E-state index contributed by atoms with van der Waals surface area (Å²) in [6.45, 7) is 9.00. The number of nitrogens with one attached hydrogen (secondary N) is 1. The number of imidazole rings is 1. The van der Waals surface area contributed by atoms with Crippen LogP contribution in [0.4, 0.5) is 0 Å². The second-order valence-electron chi connectivity index (χ2n) is 3.57. The summed E-state index contributed by atoms with van der Waals surface area (Å²) in [5.74, 6) is 0. The van der Waals surface area contributed by atoms with Gasteiger partial charge in [0.25, 0.3) is 0 Å². The fraction of sp³-hybridized carbons (Fsp3) is 0.500. The molecule has 1 aliphatic rings. The van der Waals surface area contributed by atoms with Crippen molar-refractivity contribution in [1.29, 1.82) is 0 Å². The molecular weight excluding hydrogens is 180 g/mol. The van der Waals surface area contributed by atoms with Gasteiger partial charge in [0.15, 0.2) is 0 Å². The molecule has 2 rings (SSSR count). The van der Waals surface area contributed by atoms with Gasteiger partial charge in [-0.1, -0.05) is 13.2 Å². The highest BCUT2D eigenvalue weighted by Crippen LogP contribution is 2.16. The van der Waals surface area contributed by atoms with Crippen LogP contribution in [0.25, 0.3) is 13.2 Å². The Hall–Kier alpha value is -1.29. The van der Waals surface area contributed by atoms with Crippen LogP contribution in [0, 0.1) is 0 Å². The first kappa shape index (κ1) is 9.27. The van der Waals surface area contributed by atoms with Gasteiger partial charge < -0.3 is 9.72 Å². The van der Waals surface area contributed by atoms with Gasteiger partial charge in [0, 0.05) is 19.3 Å². The molecule has 4 heteroatoms. The molecule has 1 aromatic heterocycles. The van der Waals surface area contributed by atoms with Crippen LogP contribution in [0.15, 0.2) is 4.79 Å². The second-order valence-corrected chi connectivity index (χ2v) is 3.57. The molecule has 0 radical (unpaired) electrons. The van der Waals surface area contributed by atoms with Crippen molar-refractivity contribution in [2.75, 3.05) is 13.2 Å². The first-order valence-corrected chi connectivity index (χ1v) is 4.76. The summed E-state index contributed by atoms with van der Waals surface area (Å²) >= 11 is 0. The molecule has 14 heavy (non-hydrogen) atoms. The van der Waals surface area contributed by atoms with E-state index in [1.165, 1.54) is 0 Å². The quantitative estimate of drug-likeness (QED) is 0.645. The molecule has 1 fully saturated rings. The van der Waals surface area contributed by atoms with Crippen molar-refractivity contribution in [2.45, 2.75) is 18.9 Å². The van der Waals surface area contributed by atoms with Gasteiger partial charge in [-0.25, -0.2) is 4.79 Å². The van der Waals surface area contributed by atoms with Gasteiger partial charge in [0.1, 0.15) is 0 Å². The molecule has 0 bridgehead atoms. The third-order valence-electron chi connectivity index (χ3n) is 2.67. The van der Waals surface area contributed by atoms with Crippen LogP contribution in [-0.2, 0) is 4.74 Å². The maximum Gasteiger partial charge on any atom is 0.326 e. The number of aromatic amines is 1. The second kappa shape index (κ2) is 3.46. The van der Waals surface area contributed by atoms with Crippen molar-refractivity contribution in [3.05, 3.63) is 21.2 Å². The van der Waals surface area contributed by atoms with E-state index in [2.05, 4.69) is 18.1 Å². The van der Waals surface area contributed by atoms with Gasteiger partial charge in [-0.15, -0.1) is 0 Å². The molecule has 0 unspecified atom stereocenters. The molecule has 0 amide bonds. The van der Waals surface area contributed by atoms with Crippen LogP contribution in [0.5, 0.6) is 0 Å². The van der Waals surface area contributed by atoms with Gasteiger partial charge in [-0.3, -0.25) is 4.57 Å². The summed E-state index contributed by atoms with van der Waals surface area (Å²) in [5, 5.41) is 1.31. The topological polar surface area (TPSA) is 47.0 Å². The minimum absolute atomic E-state index is 0.105. The maximum atomic E-state index is 11.5. The van der Waals surface area contributed by atoms with Crippen molar-refractivity contribution >= 4 is 13.2 Å². The Bertz CT molecular complexity index is 465. The third kappa shape index (κ3) is 1.42. The number of H-pyrrole nitrogens is 1. The number of nitrogens with zero attached hydrogens (tertiary/aromatic N) is 1. The van der Waals surface area contributed by atoms with Crippen LogP contribution >= 0.6 is 0 Å². The van der Waals surface area contributed by atoms with E-state index in [-0.39, 0.29) is 11.7 Å². The highest BCUT2D eigenvalue weighted by atomic mass is 16.5. The highest BCUT2D eigenvalue weighted by molar-refractivity contribution is 5.05. The highest BCUT2D eigenvalue weighted by Gasteiger charge is 2.17. The fourth-order valence-electron chi connectivity index (χ4n) is 1.86. The monoisotopic (exact) mass is 194 g/mol. The number of ether oxygens (including phenoxy) is 1. The molecule has 1 N–H and O–H groups in total. The van der Waals surface area contributed by atoms with Crippen molar-refractivity contribution in [1.82, 2.24) is 9.55 Å². The number of rotatable bonds is 1. The Morgan fingerprint density at radius 2 is 2.00 bits per heavy atom. The van der Waals surface area contributed by atoms with Crippen molar-refractivity contribution < 1.29 is 4.74 Å². The Morgan fingerprint density at radius 1 is 1.36 bits per heavy atom. The molecule has 0 aliphatic carbocycles. The summed E-state index contributed by atoms with van der Waals surface area (Å²) in [5.41, 5.74) is -0.105. The molecular formula is C10H14N2O2. The summed E-state index contributed by atoms with van der Waals surface area (Å²) in [6, 6.07) is 0.218. The normalized spacial score (nSPS) is 18.6. The zero-order valence-corrected chi connectivity index (χ0v) is 8.08. The predicted molar refractivity (Wildman–Crippen MR) is 54.4 cm³/mol. The van der Waals surface area contributed by atoms with E-state index in [9.17, 15) is 4.79 Å². The lowest BCUT2D eigenvalue weighted by atomic mass is 10.1. The number of hydrogen-bond donors (Lipinski definition) is 1. The van der Waals surface area contributed by atoms with Gasteiger partial charge >= 0.3 is 5.69 Å². The molecule has 76 valence electrons. The number of hydrogen-bond acceptors (Lipinski definition) is 2. The summed E-state index contributed by atoms with van der Waals surface area (Å²) < 4.78 is 6.95. The van der Waals surface area contributed by atoms with Crippen LogP contribution in [0.2, 0.25) is 0 Å². The first-order chi connectivity index (χ1) is 6.70. The van der Waals surface area contributed by atoms with E-state index < -0.39 is 0 Å². The van der Waals surface area contributed by atoms with Gasteiger partial charge in [-0.05, 0) is 12.8 Å². The van der Waals surface area contributed by atoms with Crippen LogP contribution < -0.4 is 16.4 Å². The zero-order chi connectivity index (χ0) is 10.1. The van der Waals surface area contributed by atoms with Crippen LogP contribution in [0.3, 0.4) is 0 Å². The molecule has 0 atom stereocenters. The SMILES string of the molecule is C=c1[nH]c(=O)n(C2CCOCC2)c1=C. The van der Waals surface area contributed by atoms with E-state index in [1.807, 2.05) is 0 Å². The molecule has 0 saturated carbocycles. The van der Waals surface area contributed by atoms with Crippen LogP contribution in [0.1, 0.15) is 18.9 Å². The molecule has 0 spiro atoms. The van der Waals surface area contributed by atoms with E-state index >= 15 is 0 Å². The lowest BCUT2D eigenvalue weighted by Gasteiger charge is -2.22. The Labute approximate surface area is 81.5 Å². The minimum Gasteiger partial charge on any atom is -0.381 e. The van der Waals surface area contributed by atoms with Crippen LogP contribution in [-0.4, -0.2) is 22.8 Å².